The number of aromatic nitrogens is 1. The number of hydrogen-bond acceptors (Lipinski definition) is 4. The molecule has 0 fully saturated rings. The van der Waals surface area contributed by atoms with Crippen LogP contribution in [0, 0.1) is 0 Å². The van der Waals surface area contributed by atoms with Gasteiger partial charge in [0.15, 0.2) is 0 Å². The Balaban J connectivity index is 1.72. The van der Waals surface area contributed by atoms with Gasteiger partial charge in [-0.15, -0.1) is 0 Å². The smallest absolute Gasteiger partial charge is 0.264 e. The molecule has 3 aromatic rings. The first-order valence-corrected chi connectivity index (χ1v) is 11.3. The first kappa shape index (κ1) is 22.1. The van der Waals surface area contributed by atoms with Crippen LogP contribution < -0.4 is 9.62 Å². The van der Waals surface area contributed by atoms with Crippen LogP contribution in [0.4, 0.5) is 5.69 Å². The van der Waals surface area contributed by atoms with Crippen molar-refractivity contribution in [3.63, 3.8) is 0 Å². The average molecular weight is 464 g/mol. The molecule has 3 rings (SSSR count). The van der Waals surface area contributed by atoms with Crippen LogP contribution in [-0.4, -0.2) is 32.4 Å². The van der Waals surface area contributed by atoms with Crippen molar-refractivity contribution >= 4 is 44.8 Å². The Labute approximate surface area is 185 Å². The summed E-state index contributed by atoms with van der Waals surface area (Å²) in [6.45, 7) is -0.0641. The summed E-state index contributed by atoms with van der Waals surface area (Å²) in [6, 6.07) is 16.2. The van der Waals surface area contributed by atoms with Crippen LogP contribution in [0.15, 0.2) is 78.0 Å². The number of carbonyl (C=O) groups excluding carboxylic acids is 1. The minimum Gasteiger partial charge on any atom is -0.354 e. The number of halogens is 2. The Morgan fingerprint density at radius 1 is 1.00 bits per heavy atom. The van der Waals surface area contributed by atoms with Gasteiger partial charge in [-0.05, 0) is 48.4 Å². The first-order chi connectivity index (χ1) is 14.4. The van der Waals surface area contributed by atoms with E-state index < -0.39 is 15.9 Å². The molecule has 0 aliphatic rings. The Morgan fingerprint density at radius 2 is 1.70 bits per heavy atom. The zero-order valence-corrected chi connectivity index (χ0v) is 18.2. The molecule has 0 spiro atoms. The van der Waals surface area contributed by atoms with Crippen molar-refractivity contribution in [1.29, 1.82) is 0 Å². The van der Waals surface area contributed by atoms with E-state index in [1.807, 2.05) is 0 Å². The van der Waals surface area contributed by atoms with Crippen molar-refractivity contribution in [2.45, 2.75) is 11.3 Å². The molecule has 0 saturated heterocycles. The third-order valence-electron chi connectivity index (χ3n) is 4.30. The van der Waals surface area contributed by atoms with E-state index in [0.717, 1.165) is 9.87 Å². The predicted octanol–water partition coefficient (Wildman–Crippen LogP) is 3.94. The van der Waals surface area contributed by atoms with Gasteiger partial charge in [0.1, 0.15) is 6.54 Å². The molecule has 2 aromatic carbocycles. The zero-order valence-electron chi connectivity index (χ0n) is 15.8. The number of sulfonamides is 1. The van der Waals surface area contributed by atoms with Crippen LogP contribution in [0.1, 0.15) is 5.56 Å². The Hall–Kier alpha value is -2.61. The third kappa shape index (κ3) is 5.50. The molecule has 6 nitrogen and oxygen atoms in total. The van der Waals surface area contributed by atoms with Gasteiger partial charge in [-0.1, -0.05) is 47.5 Å². The summed E-state index contributed by atoms with van der Waals surface area (Å²) in [7, 11) is -3.93. The van der Waals surface area contributed by atoms with E-state index in [9.17, 15) is 13.2 Å². The fraction of sp³-hybridized carbons (Fsp3) is 0.143. The molecule has 0 aliphatic carbocycles. The molecule has 0 saturated carbocycles. The lowest BCUT2D eigenvalue weighted by Gasteiger charge is -2.24. The largest absolute Gasteiger partial charge is 0.354 e. The highest BCUT2D eigenvalue weighted by molar-refractivity contribution is 7.92. The molecule has 0 unspecified atom stereocenters. The number of benzene rings is 2. The van der Waals surface area contributed by atoms with Gasteiger partial charge in [0.2, 0.25) is 5.91 Å². The standard InChI is InChI=1S/C21H19Cl2N3O3S/c22-17-7-6-16(20(23)14-17)8-13-25-21(27)15-26(18-9-11-24-12-10-18)30(28,29)19-4-2-1-3-5-19/h1-7,9-12,14H,8,13,15H2,(H,25,27). The molecule has 156 valence electrons. The fourth-order valence-corrected chi connectivity index (χ4v) is 4.74. The molecule has 0 bridgehead atoms. The molecule has 0 aliphatic heterocycles. The SMILES string of the molecule is O=C(CN(c1ccncc1)S(=O)(=O)c1ccccc1)NCCc1ccc(Cl)cc1Cl. The van der Waals surface area contributed by atoms with Gasteiger partial charge in [0, 0.05) is 29.0 Å². The molecular formula is C21H19Cl2N3O3S. The number of amides is 1. The van der Waals surface area contributed by atoms with Gasteiger partial charge in [-0.3, -0.25) is 14.1 Å². The molecule has 1 N–H and O–H groups in total. The molecule has 1 heterocycles. The summed E-state index contributed by atoms with van der Waals surface area (Å²) in [5, 5.41) is 3.79. The van der Waals surface area contributed by atoms with Crippen molar-refractivity contribution in [3.8, 4) is 0 Å². The second-order valence-corrected chi connectivity index (χ2v) is 9.07. The van der Waals surface area contributed by atoms with Crippen LogP contribution >= 0.6 is 23.2 Å². The minimum atomic E-state index is -3.93. The molecular weight excluding hydrogens is 445 g/mol. The van der Waals surface area contributed by atoms with E-state index in [-0.39, 0.29) is 11.4 Å². The van der Waals surface area contributed by atoms with Crippen molar-refractivity contribution in [3.05, 3.63) is 88.7 Å². The van der Waals surface area contributed by atoms with Gasteiger partial charge in [-0.25, -0.2) is 8.42 Å². The van der Waals surface area contributed by atoms with E-state index in [0.29, 0.717) is 28.7 Å². The molecule has 1 amide bonds. The van der Waals surface area contributed by atoms with E-state index in [2.05, 4.69) is 10.3 Å². The van der Waals surface area contributed by atoms with Crippen LogP contribution in [0.25, 0.3) is 0 Å². The number of rotatable bonds is 8. The fourth-order valence-electron chi connectivity index (χ4n) is 2.79. The Morgan fingerprint density at radius 3 is 2.37 bits per heavy atom. The maximum Gasteiger partial charge on any atom is 0.264 e. The van der Waals surface area contributed by atoms with Gasteiger partial charge < -0.3 is 5.32 Å². The predicted molar refractivity (Wildman–Crippen MR) is 118 cm³/mol. The summed E-state index contributed by atoms with van der Waals surface area (Å²) in [5.74, 6) is -0.434. The van der Waals surface area contributed by atoms with Crippen molar-refractivity contribution in [1.82, 2.24) is 10.3 Å². The summed E-state index contributed by atoms with van der Waals surface area (Å²) >= 11 is 12.0. The lowest BCUT2D eigenvalue weighted by molar-refractivity contribution is -0.119. The van der Waals surface area contributed by atoms with Crippen molar-refractivity contribution in [2.75, 3.05) is 17.4 Å². The van der Waals surface area contributed by atoms with E-state index in [4.69, 9.17) is 23.2 Å². The number of nitrogens with zero attached hydrogens (tertiary/aromatic N) is 2. The van der Waals surface area contributed by atoms with E-state index in [1.165, 1.54) is 24.5 Å². The van der Waals surface area contributed by atoms with E-state index >= 15 is 0 Å². The van der Waals surface area contributed by atoms with Gasteiger partial charge >= 0.3 is 0 Å². The number of carbonyl (C=O) groups is 1. The van der Waals surface area contributed by atoms with Gasteiger partial charge in [-0.2, -0.15) is 0 Å². The van der Waals surface area contributed by atoms with Crippen molar-refractivity contribution in [2.24, 2.45) is 0 Å². The lowest BCUT2D eigenvalue weighted by Crippen LogP contribution is -2.41. The summed E-state index contributed by atoms with van der Waals surface area (Å²) < 4.78 is 27.3. The topological polar surface area (TPSA) is 79.4 Å². The van der Waals surface area contributed by atoms with Gasteiger partial charge in [0.25, 0.3) is 10.0 Å². The highest BCUT2D eigenvalue weighted by atomic mass is 35.5. The van der Waals surface area contributed by atoms with Crippen LogP contribution in [0.5, 0.6) is 0 Å². The number of nitrogens with one attached hydrogen (secondary N) is 1. The normalized spacial score (nSPS) is 11.1. The molecule has 1 aromatic heterocycles. The van der Waals surface area contributed by atoms with Crippen LogP contribution in [0.3, 0.4) is 0 Å². The second-order valence-electron chi connectivity index (χ2n) is 6.37. The Kier molecular flexibility index (Phi) is 7.31. The van der Waals surface area contributed by atoms with Crippen LogP contribution in [0.2, 0.25) is 10.0 Å². The highest BCUT2D eigenvalue weighted by Crippen LogP contribution is 2.23. The molecule has 0 atom stereocenters. The maximum atomic E-state index is 13.1. The minimum absolute atomic E-state index is 0.0996. The molecule has 30 heavy (non-hydrogen) atoms. The number of anilines is 1. The van der Waals surface area contributed by atoms with E-state index in [1.54, 1.807) is 48.5 Å². The average Bonchev–Trinajstić information content (AvgIpc) is 2.75. The second kappa shape index (κ2) is 9.93. The Bertz CT molecular complexity index is 1110. The maximum absolute atomic E-state index is 13.1. The quantitative estimate of drug-likeness (QED) is 0.548. The highest BCUT2D eigenvalue weighted by Gasteiger charge is 2.26. The lowest BCUT2D eigenvalue weighted by atomic mass is 10.1. The summed E-state index contributed by atoms with van der Waals surface area (Å²) in [4.78, 5) is 16.6. The molecule has 9 heteroatoms. The first-order valence-electron chi connectivity index (χ1n) is 9.06. The number of hydrogen-bond donors (Lipinski definition) is 1. The summed E-state index contributed by atoms with van der Waals surface area (Å²) in [5.41, 5.74) is 1.19. The third-order valence-corrected chi connectivity index (χ3v) is 6.68. The van der Waals surface area contributed by atoms with Crippen LogP contribution in [-0.2, 0) is 21.2 Å². The van der Waals surface area contributed by atoms with Crippen molar-refractivity contribution < 1.29 is 13.2 Å². The van der Waals surface area contributed by atoms with Gasteiger partial charge in [0.05, 0.1) is 10.6 Å². The number of pyridine rings is 1. The zero-order chi connectivity index (χ0) is 21.6. The monoisotopic (exact) mass is 463 g/mol. The molecule has 0 radical (unpaired) electrons. The summed E-state index contributed by atoms with van der Waals surface area (Å²) in [6.07, 6.45) is 3.44.